The van der Waals surface area contributed by atoms with Crippen molar-refractivity contribution in [1.29, 1.82) is 0 Å². The summed E-state index contributed by atoms with van der Waals surface area (Å²) in [5.74, 6) is 1.29. The van der Waals surface area contributed by atoms with Crippen molar-refractivity contribution in [3.8, 4) is 11.5 Å². The molecule has 0 bridgehead atoms. The van der Waals surface area contributed by atoms with Gasteiger partial charge in [-0.1, -0.05) is 45.7 Å². The number of halogens is 2. The van der Waals surface area contributed by atoms with Crippen LogP contribution in [0.5, 0.6) is 11.5 Å². The highest BCUT2D eigenvalue weighted by Crippen LogP contribution is 2.33. The summed E-state index contributed by atoms with van der Waals surface area (Å²) < 4.78 is 11.7. The molecule has 0 radical (unpaired) electrons. The third kappa shape index (κ3) is 5.52. The normalized spacial score (nSPS) is 11.6. The molecule has 3 aromatic rings. The largest absolute Gasteiger partial charge is 0.493 e. The maximum absolute atomic E-state index is 12.9. The van der Waals surface area contributed by atoms with E-state index in [0.29, 0.717) is 22.1 Å². The average molecular weight is 475 g/mol. The number of nitrogens with one attached hydrogen (secondary N) is 1. The Labute approximate surface area is 183 Å². The van der Waals surface area contributed by atoms with Crippen LogP contribution in [0, 0.1) is 0 Å². The monoisotopic (exact) mass is 473 g/mol. The van der Waals surface area contributed by atoms with Gasteiger partial charge in [-0.05, 0) is 54.1 Å². The Kier molecular flexibility index (Phi) is 7.18. The Morgan fingerprint density at radius 1 is 0.966 bits per heavy atom. The van der Waals surface area contributed by atoms with Gasteiger partial charge in [0.25, 0.3) is 0 Å². The van der Waals surface area contributed by atoms with Crippen molar-refractivity contribution in [2.75, 3.05) is 19.5 Å². The molecule has 1 unspecified atom stereocenters. The molecule has 0 spiro atoms. The van der Waals surface area contributed by atoms with Crippen LogP contribution in [0.2, 0.25) is 5.02 Å². The molecule has 0 aliphatic carbocycles. The van der Waals surface area contributed by atoms with Crippen molar-refractivity contribution in [3.05, 3.63) is 87.4 Å². The second kappa shape index (κ2) is 9.81. The summed E-state index contributed by atoms with van der Waals surface area (Å²) in [6.07, 6.45) is 0.278. The van der Waals surface area contributed by atoms with Gasteiger partial charge in [0.15, 0.2) is 17.3 Å². The third-order valence-electron chi connectivity index (χ3n) is 4.55. The predicted molar refractivity (Wildman–Crippen MR) is 120 cm³/mol. The van der Waals surface area contributed by atoms with E-state index in [1.165, 1.54) is 0 Å². The molecular weight excluding hydrogens is 454 g/mol. The van der Waals surface area contributed by atoms with Gasteiger partial charge >= 0.3 is 0 Å². The zero-order valence-corrected chi connectivity index (χ0v) is 18.5. The lowest BCUT2D eigenvalue weighted by Gasteiger charge is -2.21. The number of anilines is 1. The number of benzene rings is 3. The van der Waals surface area contributed by atoms with Crippen LogP contribution in [-0.4, -0.2) is 20.0 Å². The van der Waals surface area contributed by atoms with E-state index < -0.39 is 0 Å². The minimum atomic E-state index is -0.257. The summed E-state index contributed by atoms with van der Waals surface area (Å²) in [4.78, 5) is 12.9. The van der Waals surface area contributed by atoms with E-state index in [2.05, 4.69) is 21.2 Å². The van der Waals surface area contributed by atoms with Gasteiger partial charge in [0.1, 0.15) is 0 Å². The molecule has 29 heavy (non-hydrogen) atoms. The molecular formula is C23H21BrClNO3. The fourth-order valence-corrected chi connectivity index (χ4v) is 3.40. The smallest absolute Gasteiger partial charge is 0.165 e. The lowest BCUT2D eigenvalue weighted by Crippen LogP contribution is -2.16. The summed E-state index contributed by atoms with van der Waals surface area (Å²) >= 11 is 9.40. The first-order chi connectivity index (χ1) is 14.0. The van der Waals surface area contributed by atoms with Gasteiger partial charge in [0, 0.05) is 27.2 Å². The van der Waals surface area contributed by atoms with Crippen LogP contribution in [0.3, 0.4) is 0 Å². The molecule has 0 amide bonds. The van der Waals surface area contributed by atoms with Crippen LogP contribution in [0.15, 0.2) is 71.2 Å². The maximum Gasteiger partial charge on any atom is 0.165 e. The standard InChI is InChI=1S/C23H21BrClNO3/c1-28-22-12-5-16(13-23(22)29-2)20(26-19-10-8-18(25)9-11-19)14-21(27)15-3-6-17(24)7-4-15/h3-13,20,26H,14H2,1-2H3. The van der Waals surface area contributed by atoms with Crippen LogP contribution >= 0.6 is 27.5 Å². The summed E-state index contributed by atoms with van der Waals surface area (Å²) in [5, 5.41) is 4.09. The molecule has 0 fully saturated rings. The van der Waals surface area contributed by atoms with Crippen LogP contribution in [0.4, 0.5) is 5.69 Å². The number of hydrogen-bond acceptors (Lipinski definition) is 4. The molecule has 150 valence electrons. The first-order valence-corrected chi connectivity index (χ1v) is 10.2. The van der Waals surface area contributed by atoms with Crippen LogP contribution in [0.1, 0.15) is 28.4 Å². The van der Waals surface area contributed by atoms with Gasteiger partial charge in [0.05, 0.1) is 20.3 Å². The molecule has 1 atom stereocenters. The molecule has 0 aliphatic rings. The van der Waals surface area contributed by atoms with Crippen molar-refractivity contribution in [2.24, 2.45) is 0 Å². The van der Waals surface area contributed by atoms with E-state index >= 15 is 0 Å². The van der Waals surface area contributed by atoms with E-state index in [-0.39, 0.29) is 18.2 Å². The van der Waals surface area contributed by atoms with Crippen LogP contribution < -0.4 is 14.8 Å². The molecule has 3 aromatic carbocycles. The minimum absolute atomic E-state index is 0.0405. The van der Waals surface area contributed by atoms with Crippen LogP contribution in [0.25, 0.3) is 0 Å². The fraction of sp³-hybridized carbons (Fsp3) is 0.174. The Bertz CT molecular complexity index is 974. The maximum atomic E-state index is 12.9. The van der Waals surface area contributed by atoms with Crippen molar-refractivity contribution in [2.45, 2.75) is 12.5 Å². The zero-order chi connectivity index (χ0) is 20.8. The Hall–Kier alpha value is -2.50. The van der Waals surface area contributed by atoms with E-state index in [1.54, 1.807) is 14.2 Å². The Morgan fingerprint density at radius 2 is 1.62 bits per heavy atom. The number of carbonyl (C=O) groups excluding carboxylic acids is 1. The topological polar surface area (TPSA) is 47.6 Å². The third-order valence-corrected chi connectivity index (χ3v) is 5.33. The summed E-state index contributed by atoms with van der Waals surface area (Å²) in [6.45, 7) is 0. The van der Waals surface area contributed by atoms with Crippen molar-refractivity contribution in [3.63, 3.8) is 0 Å². The zero-order valence-electron chi connectivity index (χ0n) is 16.1. The molecule has 0 saturated heterocycles. The molecule has 0 heterocycles. The van der Waals surface area contributed by atoms with Gasteiger partial charge in [-0.2, -0.15) is 0 Å². The molecule has 4 nitrogen and oxygen atoms in total. The summed E-state index contributed by atoms with van der Waals surface area (Å²) in [5.41, 5.74) is 2.46. The molecule has 1 N–H and O–H groups in total. The highest BCUT2D eigenvalue weighted by atomic mass is 79.9. The predicted octanol–water partition coefficient (Wildman–Crippen LogP) is 6.55. The lowest BCUT2D eigenvalue weighted by molar-refractivity contribution is 0.0976. The highest BCUT2D eigenvalue weighted by Gasteiger charge is 2.19. The van der Waals surface area contributed by atoms with Gasteiger partial charge in [-0.15, -0.1) is 0 Å². The number of ketones is 1. The molecule has 0 saturated carbocycles. The van der Waals surface area contributed by atoms with Gasteiger partial charge in [-0.25, -0.2) is 0 Å². The Morgan fingerprint density at radius 3 is 2.24 bits per heavy atom. The second-order valence-corrected chi connectivity index (χ2v) is 7.80. The number of Topliss-reactive ketones (excluding diaryl/α,β-unsaturated/α-hetero) is 1. The SMILES string of the molecule is COc1ccc(C(CC(=O)c2ccc(Br)cc2)Nc2ccc(Cl)cc2)cc1OC. The van der Waals surface area contributed by atoms with E-state index in [0.717, 1.165) is 15.7 Å². The number of rotatable bonds is 8. The lowest BCUT2D eigenvalue weighted by atomic mass is 9.97. The quantitative estimate of drug-likeness (QED) is 0.376. The minimum Gasteiger partial charge on any atom is -0.493 e. The van der Waals surface area contributed by atoms with Gasteiger partial charge < -0.3 is 14.8 Å². The fourth-order valence-electron chi connectivity index (χ4n) is 3.01. The molecule has 0 aromatic heterocycles. The van der Waals surface area contributed by atoms with E-state index in [4.69, 9.17) is 21.1 Å². The number of hydrogen-bond donors (Lipinski definition) is 1. The summed E-state index contributed by atoms with van der Waals surface area (Å²) in [6, 6.07) is 20.2. The van der Waals surface area contributed by atoms with Crippen molar-refractivity contribution >= 4 is 39.0 Å². The van der Waals surface area contributed by atoms with Crippen LogP contribution in [-0.2, 0) is 0 Å². The molecule has 3 rings (SSSR count). The first-order valence-electron chi connectivity index (χ1n) is 9.03. The molecule has 6 heteroatoms. The summed E-state index contributed by atoms with van der Waals surface area (Å²) in [7, 11) is 3.19. The van der Waals surface area contributed by atoms with Crippen molar-refractivity contribution < 1.29 is 14.3 Å². The average Bonchev–Trinajstić information content (AvgIpc) is 2.74. The van der Waals surface area contributed by atoms with Gasteiger partial charge in [-0.3, -0.25) is 4.79 Å². The Balaban J connectivity index is 1.91. The van der Waals surface area contributed by atoms with Crippen molar-refractivity contribution in [1.82, 2.24) is 0 Å². The van der Waals surface area contributed by atoms with Gasteiger partial charge in [0.2, 0.25) is 0 Å². The number of ether oxygens (including phenoxy) is 2. The van der Waals surface area contributed by atoms with E-state index in [9.17, 15) is 4.79 Å². The first kappa shape index (κ1) is 21.2. The van der Waals surface area contributed by atoms with E-state index in [1.807, 2.05) is 66.7 Å². The molecule has 0 aliphatic heterocycles. The highest BCUT2D eigenvalue weighted by molar-refractivity contribution is 9.10. The second-order valence-electron chi connectivity index (χ2n) is 6.45. The number of carbonyl (C=O) groups is 1. The number of methoxy groups -OCH3 is 2.